The summed E-state index contributed by atoms with van der Waals surface area (Å²) in [6.07, 6.45) is 4.00. The number of carboxylic acid groups (broad SMARTS) is 2. The summed E-state index contributed by atoms with van der Waals surface area (Å²) >= 11 is 0. The molecule has 1 saturated carbocycles. The Morgan fingerprint density at radius 3 is 1.21 bits per heavy atom. The van der Waals surface area contributed by atoms with Crippen LogP contribution in [0.5, 0.6) is 0 Å². The molecular formula is C20H32O8. The molecule has 0 spiro atoms. The monoisotopic (exact) mass is 400 g/mol. The van der Waals surface area contributed by atoms with Gasteiger partial charge in [0.25, 0.3) is 0 Å². The van der Waals surface area contributed by atoms with Crippen LogP contribution < -0.4 is 0 Å². The summed E-state index contributed by atoms with van der Waals surface area (Å²) in [5, 5.41) is 17.4. The third-order valence-electron chi connectivity index (χ3n) is 4.20. The first-order valence-corrected chi connectivity index (χ1v) is 9.04. The zero-order valence-corrected chi connectivity index (χ0v) is 17.2. The molecule has 2 N–H and O–H groups in total. The van der Waals surface area contributed by atoms with Crippen LogP contribution in [-0.4, -0.2) is 48.3 Å². The first-order valence-electron chi connectivity index (χ1n) is 9.04. The maximum absolute atomic E-state index is 10.6. The lowest BCUT2D eigenvalue weighted by Gasteiger charge is -2.24. The van der Waals surface area contributed by atoms with Crippen LogP contribution in [0.3, 0.4) is 0 Å². The largest absolute Gasteiger partial charge is 0.481 e. The van der Waals surface area contributed by atoms with Crippen LogP contribution >= 0.6 is 0 Å². The van der Waals surface area contributed by atoms with Crippen LogP contribution in [0.25, 0.3) is 0 Å². The van der Waals surface area contributed by atoms with Gasteiger partial charge < -0.3 is 19.7 Å². The number of aliphatic carboxylic acids is 2. The molecule has 0 saturated heterocycles. The molecule has 1 aliphatic carbocycles. The highest BCUT2D eigenvalue weighted by Crippen LogP contribution is 2.30. The predicted molar refractivity (Wildman–Crippen MR) is 104 cm³/mol. The first kappa shape index (κ1) is 27.6. The van der Waals surface area contributed by atoms with Crippen molar-refractivity contribution >= 4 is 23.9 Å². The van der Waals surface area contributed by atoms with E-state index in [1.165, 1.54) is 14.2 Å². The van der Waals surface area contributed by atoms with Gasteiger partial charge in [0.15, 0.2) is 0 Å². The van der Waals surface area contributed by atoms with E-state index < -0.39 is 23.8 Å². The van der Waals surface area contributed by atoms with Crippen molar-refractivity contribution in [2.45, 2.75) is 52.4 Å². The third-order valence-corrected chi connectivity index (χ3v) is 4.20. The van der Waals surface area contributed by atoms with E-state index in [9.17, 15) is 19.2 Å². The van der Waals surface area contributed by atoms with Crippen molar-refractivity contribution in [1.82, 2.24) is 0 Å². The summed E-state index contributed by atoms with van der Waals surface area (Å²) in [4.78, 5) is 42.1. The number of esters is 2. The standard InChI is InChI=1S/C8H12O4.2C6H10O2/c9-7(10)5-3-1-2-4-6(5)8(11)12;2*1-4-5(2)6(7)8-3/h5-6H,1-4H2,(H,9,10)(H,11,12);2*2,4H2,1,3H3. The molecule has 0 aromatic carbocycles. The minimum atomic E-state index is -0.970. The van der Waals surface area contributed by atoms with Crippen molar-refractivity contribution in [3.05, 3.63) is 24.3 Å². The van der Waals surface area contributed by atoms with Gasteiger partial charge >= 0.3 is 23.9 Å². The Kier molecular flexibility index (Phi) is 15.2. The van der Waals surface area contributed by atoms with Gasteiger partial charge in [0.2, 0.25) is 0 Å². The minimum Gasteiger partial charge on any atom is -0.481 e. The Hall–Kier alpha value is -2.64. The molecule has 28 heavy (non-hydrogen) atoms. The van der Waals surface area contributed by atoms with Crippen LogP contribution in [0, 0.1) is 11.8 Å². The Bertz CT molecular complexity index is 487. The molecule has 2 atom stereocenters. The topological polar surface area (TPSA) is 127 Å². The molecule has 0 bridgehead atoms. The van der Waals surface area contributed by atoms with Gasteiger partial charge in [-0.15, -0.1) is 0 Å². The Morgan fingerprint density at radius 1 is 0.786 bits per heavy atom. The molecule has 0 aromatic rings. The lowest BCUT2D eigenvalue weighted by molar-refractivity contribution is -0.155. The lowest BCUT2D eigenvalue weighted by atomic mass is 9.79. The molecule has 0 aliphatic heterocycles. The van der Waals surface area contributed by atoms with Gasteiger partial charge in [-0.25, -0.2) is 9.59 Å². The number of rotatable bonds is 6. The fraction of sp³-hybridized carbons (Fsp3) is 0.600. The summed E-state index contributed by atoms with van der Waals surface area (Å²) in [5.74, 6) is -3.91. The van der Waals surface area contributed by atoms with Crippen LogP contribution in [0.1, 0.15) is 52.4 Å². The van der Waals surface area contributed by atoms with E-state index >= 15 is 0 Å². The van der Waals surface area contributed by atoms with E-state index in [1.807, 2.05) is 13.8 Å². The van der Waals surface area contributed by atoms with Gasteiger partial charge in [-0.2, -0.15) is 0 Å². The summed E-state index contributed by atoms with van der Waals surface area (Å²) in [7, 11) is 2.70. The lowest BCUT2D eigenvalue weighted by Crippen LogP contribution is -2.32. The molecule has 0 aromatic heterocycles. The van der Waals surface area contributed by atoms with E-state index in [1.54, 1.807) is 0 Å². The molecule has 0 amide bonds. The smallest absolute Gasteiger partial charge is 0.333 e. The van der Waals surface area contributed by atoms with Gasteiger partial charge in [-0.1, -0.05) is 39.8 Å². The van der Waals surface area contributed by atoms with Crippen molar-refractivity contribution in [3.8, 4) is 0 Å². The molecule has 0 radical (unpaired) electrons. The van der Waals surface area contributed by atoms with Gasteiger partial charge in [0, 0.05) is 11.1 Å². The molecule has 1 rings (SSSR count). The van der Waals surface area contributed by atoms with Gasteiger partial charge in [0.05, 0.1) is 26.1 Å². The maximum atomic E-state index is 10.6. The molecule has 8 nitrogen and oxygen atoms in total. The highest BCUT2D eigenvalue weighted by Gasteiger charge is 2.35. The quantitative estimate of drug-likeness (QED) is 0.514. The third kappa shape index (κ3) is 11.2. The van der Waals surface area contributed by atoms with E-state index in [0.29, 0.717) is 36.8 Å². The number of ether oxygens (including phenoxy) is 2. The highest BCUT2D eigenvalue weighted by molar-refractivity contribution is 5.87. The Morgan fingerprint density at radius 2 is 1.07 bits per heavy atom. The van der Waals surface area contributed by atoms with E-state index in [4.69, 9.17) is 10.2 Å². The first-order chi connectivity index (χ1) is 13.1. The number of carbonyl (C=O) groups excluding carboxylic acids is 2. The van der Waals surface area contributed by atoms with Gasteiger partial charge in [-0.3, -0.25) is 9.59 Å². The number of hydrogen-bond acceptors (Lipinski definition) is 6. The Balaban J connectivity index is 0. The Labute approximate surface area is 166 Å². The van der Waals surface area contributed by atoms with Crippen LogP contribution in [-0.2, 0) is 28.7 Å². The van der Waals surface area contributed by atoms with Crippen molar-refractivity contribution in [3.63, 3.8) is 0 Å². The van der Waals surface area contributed by atoms with Crippen LogP contribution in [0.4, 0.5) is 0 Å². The molecule has 0 heterocycles. The summed E-state index contributed by atoms with van der Waals surface area (Å²) in [5.41, 5.74) is 1.04. The van der Waals surface area contributed by atoms with Gasteiger partial charge in [-0.05, 0) is 25.7 Å². The molecule has 1 aliphatic rings. The number of carbonyl (C=O) groups is 4. The van der Waals surface area contributed by atoms with Crippen molar-refractivity contribution in [2.75, 3.05) is 14.2 Å². The average Bonchev–Trinajstić information content (AvgIpc) is 2.71. The molecule has 8 heteroatoms. The SMILES string of the molecule is C=C(CC)C(=O)OC.C=C(CC)C(=O)OC.O=C(O)C1CCCCC1C(=O)O. The van der Waals surface area contributed by atoms with Crippen LogP contribution in [0.2, 0.25) is 0 Å². The zero-order chi connectivity index (χ0) is 22.3. The fourth-order valence-electron chi connectivity index (χ4n) is 2.30. The van der Waals surface area contributed by atoms with Crippen molar-refractivity contribution < 1.29 is 38.9 Å². The molecule has 2 unspecified atom stereocenters. The molecule has 160 valence electrons. The average molecular weight is 400 g/mol. The van der Waals surface area contributed by atoms with Crippen LogP contribution in [0.15, 0.2) is 24.3 Å². The van der Waals surface area contributed by atoms with Crippen molar-refractivity contribution in [2.24, 2.45) is 11.8 Å². The normalized spacial score (nSPS) is 17.4. The van der Waals surface area contributed by atoms with Gasteiger partial charge in [0.1, 0.15) is 0 Å². The summed E-state index contributed by atoms with van der Waals surface area (Å²) < 4.78 is 8.73. The minimum absolute atomic E-state index is 0.312. The van der Waals surface area contributed by atoms with E-state index in [2.05, 4.69) is 22.6 Å². The highest BCUT2D eigenvalue weighted by atomic mass is 16.5. The molecular weight excluding hydrogens is 368 g/mol. The fourth-order valence-corrected chi connectivity index (χ4v) is 2.30. The zero-order valence-electron chi connectivity index (χ0n) is 17.2. The van der Waals surface area contributed by atoms with E-state index in [-0.39, 0.29) is 11.9 Å². The van der Waals surface area contributed by atoms with Crippen molar-refractivity contribution in [1.29, 1.82) is 0 Å². The maximum Gasteiger partial charge on any atom is 0.333 e. The number of carboxylic acids is 2. The summed E-state index contributed by atoms with van der Waals surface area (Å²) in [6.45, 7) is 10.7. The second-order valence-corrected chi connectivity index (χ2v) is 6.07. The second-order valence-electron chi connectivity index (χ2n) is 6.07. The van der Waals surface area contributed by atoms with E-state index in [0.717, 1.165) is 12.8 Å². The second kappa shape index (κ2) is 15.4. The summed E-state index contributed by atoms with van der Waals surface area (Å²) in [6, 6.07) is 0. The number of methoxy groups -OCH3 is 2. The molecule has 1 fully saturated rings. The predicted octanol–water partition coefficient (Wildman–Crippen LogP) is 3.21. The number of hydrogen-bond donors (Lipinski definition) is 2.